The van der Waals surface area contributed by atoms with Crippen LogP contribution in [-0.4, -0.2) is 28.2 Å². The third-order valence-corrected chi connectivity index (χ3v) is 2.93. The third kappa shape index (κ3) is 2.19. The van der Waals surface area contributed by atoms with Crippen LogP contribution in [0.3, 0.4) is 0 Å². The number of ether oxygens (including phenoxy) is 1. The minimum absolute atomic E-state index is 0.0208. The minimum Gasteiger partial charge on any atom is -0.381 e. The molecule has 2 rings (SSSR count). The standard InChI is InChI=1S/C11H20N4O/c1-11(2,3)9-10(12)13-14-15(9)6-8-4-5-16-7-8/h8H,4-7,12H2,1-3H3. The molecule has 0 radical (unpaired) electrons. The lowest BCUT2D eigenvalue weighted by Gasteiger charge is -2.21. The fraction of sp³-hybridized carbons (Fsp3) is 0.818. The Bertz CT molecular complexity index is 361. The molecule has 0 aromatic carbocycles. The molecule has 1 aliphatic heterocycles. The Morgan fingerprint density at radius 1 is 1.50 bits per heavy atom. The van der Waals surface area contributed by atoms with Crippen molar-refractivity contribution in [3.8, 4) is 0 Å². The average Bonchev–Trinajstić information content (AvgIpc) is 2.75. The van der Waals surface area contributed by atoms with Gasteiger partial charge in [0.05, 0.1) is 12.3 Å². The van der Waals surface area contributed by atoms with Crippen LogP contribution in [0, 0.1) is 5.92 Å². The second kappa shape index (κ2) is 4.05. The Hall–Kier alpha value is -1.10. The van der Waals surface area contributed by atoms with Crippen molar-refractivity contribution in [2.45, 2.75) is 39.2 Å². The van der Waals surface area contributed by atoms with Crippen molar-refractivity contribution in [2.24, 2.45) is 5.92 Å². The van der Waals surface area contributed by atoms with Gasteiger partial charge in [0.25, 0.3) is 0 Å². The van der Waals surface area contributed by atoms with Gasteiger partial charge in [0.15, 0.2) is 5.82 Å². The van der Waals surface area contributed by atoms with Crippen LogP contribution < -0.4 is 5.73 Å². The van der Waals surface area contributed by atoms with Gasteiger partial charge in [0.1, 0.15) is 0 Å². The van der Waals surface area contributed by atoms with Gasteiger partial charge in [-0.3, -0.25) is 0 Å². The maximum Gasteiger partial charge on any atom is 0.169 e. The first kappa shape index (κ1) is 11.4. The van der Waals surface area contributed by atoms with E-state index in [9.17, 15) is 0 Å². The van der Waals surface area contributed by atoms with Crippen LogP contribution in [0.25, 0.3) is 0 Å². The predicted octanol–water partition coefficient (Wildman–Crippen LogP) is 1.19. The molecule has 0 aliphatic carbocycles. The summed E-state index contributed by atoms with van der Waals surface area (Å²) in [6, 6.07) is 0. The number of rotatable bonds is 2. The van der Waals surface area contributed by atoms with E-state index in [1.807, 2.05) is 4.68 Å². The number of nitrogens with zero attached hydrogens (tertiary/aromatic N) is 3. The molecule has 2 heterocycles. The lowest BCUT2D eigenvalue weighted by Crippen LogP contribution is -2.23. The molecule has 1 atom stereocenters. The van der Waals surface area contributed by atoms with Gasteiger partial charge in [0, 0.05) is 24.5 Å². The number of nitrogen functional groups attached to an aromatic ring is 1. The SMILES string of the molecule is CC(C)(C)c1c(N)nnn1CC1CCOC1. The van der Waals surface area contributed by atoms with Crippen molar-refractivity contribution >= 4 is 5.82 Å². The molecule has 0 bridgehead atoms. The summed E-state index contributed by atoms with van der Waals surface area (Å²) in [6.45, 7) is 8.93. The van der Waals surface area contributed by atoms with Gasteiger partial charge in [0.2, 0.25) is 0 Å². The molecule has 90 valence electrons. The highest BCUT2D eigenvalue weighted by Crippen LogP contribution is 2.27. The average molecular weight is 224 g/mol. The quantitative estimate of drug-likeness (QED) is 0.819. The first-order valence-electron chi connectivity index (χ1n) is 5.75. The summed E-state index contributed by atoms with van der Waals surface area (Å²) in [5.74, 6) is 1.09. The van der Waals surface area contributed by atoms with Gasteiger partial charge in [-0.2, -0.15) is 0 Å². The topological polar surface area (TPSA) is 66.0 Å². The largest absolute Gasteiger partial charge is 0.381 e. The fourth-order valence-corrected chi connectivity index (χ4v) is 2.20. The van der Waals surface area contributed by atoms with E-state index >= 15 is 0 Å². The predicted molar refractivity (Wildman–Crippen MR) is 62.1 cm³/mol. The van der Waals surface area contributed by atoms with Crippen molar-refractivity contribution in [1.82, 2.24) is 15.0 Å². The lowest BCUT2D eigenvalue weighted by atomic mass is 9.91. The smallest absolute Gasteiger partial charge is 0.169 e. The Morgan fingerprint density at radius 2 is 2.25 bits per heavy atom. The Morgan fingerprint density at radius 3 is 2.81 bits per heavy atom. The van der Waals surface area contributed by atoms with Gasteiger partial charge >= 0.3 is 0 Å². The second-order valence-corrected chi connectivity index (χ2v) is 5.49. The summed E-state index contributed by atoms with van der Waals surface area (Å²) in [6.07, 6.45) is 1.10. The molecule has 1 aromatic heterocycles. The van der Waals surface area contributed by atoms with Crippen LogP contribution >= 0.6 is 0 Å². The van der Waals surface area contributed by atoms with E-state index in [4.69, 9.17) is 10.5 Å². The van der Waals surface area contributed by atoms with Crippen LogP contribution in [0.2, 0.25) is 0 Å². The molecule has 1 fully saturated rings. The summed E-state index contributed by atoms with van der Waals surface area (Å²) < 4.78 is 7.31. The maximum atomic E-state index is 5.88. The molecule has 16 heavy (non-hydrogen) atoms. The Balaban J connectivity index is 2.20. The Kier molecular flexibility index (Phi) is 2.88. The first-order chi connectivity index (χ1) is 7.48. The zero-order valence-corrected chi connectivity index (χ0v) is 10.2. The van der Waals surface area contributed by atoms with Crippen molar-refractivity contribution in [2.75, 3.05) is 18.9 Å². The highest BCUT2D eigenvalue weighted by Gasteiger charge is 2.26. The maximum absolute atomic E-state index is 5.88. The van der Waals surface area contributed by atoms with Crippen LogP contribution in [0.5, 0.6) is 0 Å². The van der Waals surface area contributed by atoms with E-state index in [-0.39, 0.29) is 5.41 Å². The zero-order chi connectivity index (χ0) is 11.8. The number of nitrogens with two attached hydrogens (primary N) is 1. The molecule has 5 nitrogen and oxygen atoms in total. The molecule has 0 saturated carbocycles. The molecule has 0 spiro atoms. The first-order valence-corrected chi connectivity index (χ1v) is 5.75. The zero-order valence-electron chi connectivity index (χ0n) is 10.2. The van der Waals surface area contributed by atoms with Gasteiger partial charge in [-0.05, 0) is 6.42 Å². The molecular weight excluding hydrogens is 204 g/mol. The molecule has 1 unspecified atom stereocenters. The normalized spacial score (nSPS) is 21.6. The number of anilines is 1. The summed E-state index contributed by atoms with van der Waals surface area (Å²) in [7, 11) is 0. The number of aromatic nitrogens is 3. The fourth-order valence-electron chi connectivity index (χ4n) is 2.20. The van der Waals surface area contributed by atoms with Crippen molar-refractivity contribution in [3.63, 3.8) is 0 Å². The van der Waals surface area contributed by atoms with Gasteiger partial charge in [-0.25, -0.2) is 4.68 Å². The van der Waals surface area contributed by atoms with E-state index in [2.05, 4.69) is 31.1 Å². The van der Waals surface area contributed by atoms with Crippen LogP contribution in [-0.2, 0) is 16.7 Å². The van der Waals surface area contributed by atoms with Crippen molar-refractivity contribution in [1.29, 1.82) is 0 Å². The van der Waals surface area contributed by atoms with E-state index < -0.39 is 0 Å². The molecule has 1 saturated heterocycles. The summed E-state index contributed by atoms with van der Waals surface area (Å²) >= 11 is 0. The number of hydrogen-bond donors (Lipinski definition) is 1. The van der Waals surface area contributed by atoms with Crippen LogP contribution in [0.15, 0.2) is 0 Å². The van der Waals surface area contributed by atoms with E-state index in [1.54, 1.807) is 0 Å². The summed E-state index contributed by atoms with van der Waals surface area (Å²) in [4.78, 5) is 0. The second-order valence-electron chi connectivity index (χ2n) is 5.49. The molecule has 0 amide bonds. The lowest BCUT2D eigenvalue weighted by molar-refractivity contribution is 0.180. The van der Waals surface area contributed by atoms with Gasteiger partial charge in [-0.1, -0.05) is 26.0 Å². The molecule has 2 N–H and O–H groups in total. The Labute approximate surface area is 96.0 Å². The van der Waals surface area contributed by atoms with Crippen molar-refractivity contribution < 1.29 is 4.74 Å². The number of hydrogen-bond acceptors (Lipinski definition) is 4. The molecule has 1 aliphatic rings. The van der Waals surface area contributed by atoms with Crippen molar-refractivity contribution in [3.05, 3.63) is 5.69 Å². The van der Waals surface area contributed by atoms with E-state index in [1.165, 1.54) is 0 Å². The van der Waals surface area contributed by atoms with Crippen LogP contribution in [0.4, 0.5) is 5.82 Å². The minimum atomic E-state index is -0.0208. The summed E-state index contributed by atoms with van der Waals surface area (Å²) in [5, 5.41) is 8.11. The van der Waals surface area contributed by atoms with Gasteiger partial charge < -0.3 is 10.5 Å². The highest BCUT2D eigenvalue weighted by molar-refractivity contribution is 5.37. The highest BCUT2D eigenvalue weighted by atomic mass is 16.5. The van der Waals surface area contributed by atoms with E-state index in [0.717, 1.165) is 31.9 Å². The summed E-state index contributed by atoms with van der Waals surface area (Å²) in [5.41, 5.74) is 6.88. The van der Waals surface area contributed by atoms with E-state index in [0.29, 0.717) is 11.7 Å². The molecule has 1 aromatic rings. The van der Waals surface area contributed by atoms with Crippen LogP contribution in [0.1, 0.15) is 32.9 Å². The third-order valence-electron chi connectivity index (χ3n) is 2.93. The molecule has 5 heteroatoms. The monoisotopic (exact) mass is 224 g/mol. The van der Waals surface area contributed by atoms with Gasteiger partial charge in [-0.15, -0.1) is 5.10 Å². The molecular formula is C11H20N4O.